The van der Waals surface area contributed by atoms with Crippen LogP contribution in [0.5, 0.6) is 0 Å². The Morgan fingerprint density at radius 1 is 0.933 bits per heavy atom. The lowest BCUT2D eigenvalue weighted by molar-refractivity contribution is 0.897. The SMILES string of the molecule is C=C/C=C\c1c(C)[nH]c(=C)/c1=C\c1c(C)c(C=C)c(/C=C\C)n1C.CC.CC.CN. The topological polar surface area (TPSA) is 46.7 Å². The number of nitrogens with two attached hydrogens (primary N) is 1. The van der Waals surface area contributed by atoms with Crippen LogP contribution in [-0.4, -0.2) is 16.6 Å². The van der Waals surface area contributed by atoms with Gasteiger partial charge in [0, 0.05) is 45.8 Å². The van der Waals surface area contributed by atoms with Crippen molar-refractivity contribution in [2.24, 2.45) is 12.8 Å². The molecule has 166 valence electrons. The van der Waals surface area contributed by atoms with Gasteiger partial charge >= 0.3 is 0 Å². The minimum Gasteiger partial charge on any atom is -0.359 e. The number of allylic oxidation sites excluding steroid dienone is 3. The molecule has 30 heavy (non-hydrogen) atoms. The summed E-state index contributed by atoms with van der Waals surface area (Å²) < 4.78 is 2.20. The van der Waals surface area contributed by atoms with Crippen molar-refractivity contribution in [1.29, 1.82) is 0 Å². The number of rotatable bonds is 5. The molecule has 2 aromatic rings. The highest BCUT2D eigenvalue weighted by atomic mass is 15.0. The summed E-state index contributed by atoms with van der Waals surface area (Å²) in [4.78, 5) is 3.33. The summed E-state index contributed by atoms with van der Waals surface area (Å²) in [5.74, 6) is 0. The zero-order chi connectivity index (χ0) is 23.9. The molecular weight excluding hydrogens is 366 g/mol. The number of hydrogen-bond acceptors (Lipinski definition) is 1. The normalized spacial score (nSPS) is 10.7. The molecule has 0 bridgehead atoms. The summed E-state index contributed by atoms with van der Waals surface area (Å²) in [6.45, 7) is 26.1. The van der Waals surface area contributed by atoms with E-state index in [1.54, 1.807) is 6.08 Å². The number of aryl methyl sites for hydroxylation is 1. The highest BCUT2D eigenvalue weighted by molar-refractivity contribution is 5.72. The molecule has 0 aromatic carbocycles. The fourth-order valence-electron chi connectivity index (χ4n) is 3.12. The molecule has 0 aliphatic carbocycles. The van der Waals surface area contributed by atoms with Gasteiger partial charge in [-0.25, -0.2) is 0 Å². The van der Waals surface area contributed by atoms with E-state index in [2.05, 4.69) is 80.2 Å². The Morgan fingerprint density at radius 2 is 1.50 bits per heavy atom. The molecule has 0 saturated heterocycles. The van der Waals surface area contributed by atoms with Gasteiger partial charge in [-0.2, -0.15) is 0 Å². The van der Waals surface area contributed by atoms with Crippen LogP contribution in [0.3, 0.4) is 0 Å². The van der Waals surface area contributed by atoms with Crippen molar-refractivity contribution < 1.29 is 0 Å². The first kappa shape index (κ1) is 29.4. The van der Waals surface area contributed by atoms with Crippen molar-refractivity contribution in [3.8, 4) is 0 Å². The number of nitrogens with one attached hydrogen (secondary N) is 1. The van der Waals surface area contributed by atoms with Crippen molar-refractivity contribution in [3.05, 3.63) is 75.7 Å². The van der Waals surface area contributed by atoms with Crippen LogP contribution in [-0.2, 0) is 7.05 Å². The van der Waals surface area contributed by atoms with Crippen LogP contribution in [0.1, 0.15) is 68.4 Å². The molecule has 3 N–H and O–H groups in total. The predicted molar refractivity (Wildman–Crippen MR) is 141 cm³/mol. The van der Waals surface area contributed by atoms with Gasteiger partial charge in [-0.3, -0.25) is 0 Å². The van der Waals surface area contributed by atoms with Gasteiger partial charge in [0.2, 0.25) is 0 Å². The maximum atomic E-state index is 4.50. The standard InChI is InChI=1S/C22H26N2.2C2H6.CH5N/c1-8-11-13-19-16(5)23-17(6)20(19)14-22-15(4)18(10-3)21(12-9-2)24(22)7;3*1-2/h8-14,23H,1,3,6H2,2,4-5,7H3;2*1-2H3;2H2,1H3/b12-9-,13-11-,20-14+;;;. The number of nitrogens with zero attached hydrogens (tertiary/aromatic N) is 1. The van der Waals surface area contributed by atoms with Crippen LogP contribution in [0.2, 0.25) is 0 Å². The third kappa shape index (κ3) is 6.93. The van der Waals surface area contributed by atoms with Gasteiger partial charge in [0.15, 0.2) is 0 Å². The summed E-state index contributed by atoms with van der Waals surface area (Å²) in [6, 6.07) is 0. The fourth-order valence-corrected chi connectivity index (χ4v) is 3.12. The molecule has 3 nitrogen and oxygen atoms in total. The molecule has 2 aromatic heterocycles. The first-order valence-electron chi connectivity index (χ1n) is 10.7. The summed E-state index contributed by atoms with van der Waals surface area (Å²) in [6.07, 6.45) is 14.1. The highest BCUT2D eigenvalue weighted by Gasteiger charge is 2.13. The van der Waals surface area contributed by atoms with E-state index in [1.165, 1.54) is 18.2 Å². The molecule has 3 heteroatoms. The first-order chi connectivity index (χ1) is 14.5. The Bertz CT molecular complexity index is 948. The minimum absolute atomic E-state index is 0.921. The average Bonchev–Trinajstić information content (AvgIpc) is 3.17. The molecule has 0 spiro atoms. The number of aromatic amines is 1. The van der Waals surface area contributed by atoms with Crippen molar-refractivity contribution in [3.63, 3.8) is 0 Å². The zero-order valence-electron chi connectivity index (χ0n) is 20.7. The summed E-state index contributed by atoms with van der Waals surface area (Å²) in [5.41, 5.74) is 11.5. The second-order valence-electron chi connectivity index (χ2n) is 5.87. The van der Waals surface area contributed by atoms with Gasteiger partial charge in [-0.1, -0.05) is 77.8 Å². The zero-order valence-corrected chi connectivity index (χ0v) is 20.7. The highest BCUT2D eigenvalue weighted by Crippen LogP contribution is 2.24. The van der Waals surface area contributed by atoms with Crippen LogP contribution < -0.4 is 16.3 Å². The Labute approximate surface area is 184 Å². The van der Waals surface area contributed by atoms with Crippen molar-refractivity contribution >= 4 is 30.9 Å². The summed E-state index contributed by atoms with van der Waals surface area (Å²) in [5, 5.41) is 2.03. The van der Waals surface area contributed by atoms with Gasteiger partial charge in [-0.15, -0.1) is 0 Å². The van der Waals surface area contributed by atoms with E-state index < -0.39 is 0 Å². The molecule has 0 aliphatic heterocycles. The molecule has 0 fully saturated rings. The van der Waals surface area contributed by atoms with E-state index in [1.807, 2.05) is 46.8 Å². The fraction of sp³-hybridized carbons (Fsp3) is 0.333. The van der Waals surface area contributed by atoms with Crippen molar-refractivity contribution in [2.45, 2.75) is 48.5 Å². The van der Waals surface area contributed by atoms with E-state index in [-0.39, 0.29) is 0 Å². The maximum absolute atomic E-state index is 4.50. The maximum Gasteiger partial charge on any atom is 0.0481 e. The number of H-pyrrole nitrogens is 1. The van der Waals surface area contributed by atoms with Crippen molar-refractivity contribution in [2.75, 3.05) is 7.05 Å². The minimum atomic E-state index is 0.921. The molecule has 0 saturated carbocycles. The van der Waals surface area contributed by atoms with Crippen LogP contribution >= 0.6 is 0 Å². The third-order valence-electron chi connectivity index (χ3n) is 4.35. The van der Waals surface area contributed by atoms with E-state index in [0.717, 1.165) is 33.2 Å². The predicted octanol–water partition coefficient (Wildman–Crippen LogP) is 5.71. The molecule has 0 radical (unpaired) electrons. The van der Waals surface area contributed by atoms with Crippen LogP contribution in [0.4, 0.5) is 0 Å². The van der Waals surface area contributed by atoms with Crippen LogP contribution in [0.15, 0.2) is 31.4 Å². The quantitative estimate of drug-likeness (QED) is 0.610. The van der Waals surface area contributed by atoms with E-state index in [4.69, 9.17) is 0 Å². The molecule has 0 aliphatic rings. The number of aromatic nitrogens is 2. The Hall–Kier alpha value is -2.78. The van der Waals surface area contributed by atoms with Crippen LogP contribution in [0, 0.1) is 13.8 Å². The Kier molecular flexibility index (Phi) is 15.8. The van der Waals surface area contributed by atoms with Crippen molar-refractivity contribution in [1.82, 2.24) is 9.55 Å². The van der Waals surface area contributed by atoms with E-state index in [9.17, 15) is 0 Å². The monoisotopic (exact) mass is 409 g/mol. The Morgan fingerprint density at radius 3 is 1.97 bits per heavy atom. The molecule has 2 heterocycles. The van der Waals surface area contributed by atoms with Gasteiger partial charge in [0.05, 0.1) is 0 Å². The van der Waals surface area contributed by atoms with Crippen LogP contribution in [0.25, 0.3) is 30.9 Å². The van der Waals surface area contributed by atoms with Gasteiger partial charge < -0.3 is 15.3 Å². The lowest BCUT2D eigenvalue weighted by atomic mass is 10.1. The smallest absolute Gasteiger partial charge is 0.0481 e. The molecule has 0 amide bonds. The summed E-state index contributed by atoms with van der Waals surface area (Å²) >= 11 is 0. The van der Waals surface area contributed by atoms with E-state index in [0.29, 0.717) is 0 Å². The number of hydrogen-bond donors (Lipinski definition) is 2. The van der Waals surface area contributed by atoms with Gasteiger partial charge in [-0.05, 0) is 45.5 Å². The summed E-state index contributed by atoms with van der Waals surface area (Å²) in [7, 11) is 3.59. The first-order valence-corrected chi connectivity index (χ1v) is 10.7. The second kappa shape index (κ2) is 16.1. The average molecular weight is 410 g/mol. The van der Waals surface area contributed by atoms with Gasteiger partial charge in [0.1, 0.15) is 0 Å². The second-order valence-corrected chi connectivity index (χ2v) is 5.87. The third-order valence-corrected chi connectivity index (χ3v) is 4.35. The van der Waals surface area contributed by atoms with Gasteiger partial charge in [0.25, 0.3) is 0 Å². The molecular formula is C27H43N3. The molecule has 0 unspecified atom stereocenters. The lowest BCUT2D eigenvalue weighted by Gasteiger charge is -2.02. The largest absolute Gasteiger partial charge is 0.359 e. The van der Waals surface area contributed by atoms with E-state index >= 15 is 0 Å². The Balaban J connectivity index is 0. The molecule has 2 rings (SSSR count). The molecule has 0 atom stereocenters. The lowest BCUT2D eigenvalue weighted by Crippen LogP contribution is -2.23.